The second-order valence-electron chi connectivity index (χ2n) is 7.43. The highest BCUT2D eigenvalue weighted by Crippen LogP contribution is 2.23. The number of halogens is 2. The molecule has 2 saturated heterocycles. The van der Waals surface area contributed by atoms with Crippen molar-refractivity contribution < 1.29 is 4.79 Å². The normalized spacial score (nSPS) is 20.9. The number of hydrogen-bond donors (Lipinski definition) is 1. The van der Waals surface area contributed by atoms with E-state index in [4.69, 9.17) is 0 Å². The van der Waals surface area contributed by atoms with Crippen molar-refractivity contribution in [2.75, 3.05) is 58.9 Å². The summed E-state index contributed by atoms with van der Waals surface area (Å²) in [5.41, 5.74) is 2.60. The van der Waals surface area contributed by atoms with Crippen LogP contribution in [0.1, 0.15) is 37.4 Å². The monoisotopic (exact) mass is 430 g/mol. The maximum absolute atomic E-state index is 12.9. The molecule has 1 aromatic carbocycles. The summed E-state index contributed by atoms with van der Waals surface area (Å²) in [4.78, 5) is 19.9. The number of carbonyl (C=O) groups is 1. The van der Waals surface area contributed by atoms with Crippen molar-refractivity contribution in [3.63, 3.8) is 0 Å². The van der Waals surface area contributed by atoms with Gasteiger partial charge in [-0.05, 0) is 24.1 Å². The number of carbonyl (C=O) groups excluding carboxylic acids is 1. The summed E-state index contributed by atoms with van der Waals surface area (Å²) in [6.07, 6.45) is 1.69. The van der Waals surface area contributed by atoms with Gasteiger partial charge in [-0.25, -0.2) is 0 Å². The summed E-state index contributed by atoms with van der Waals surface area (Å²) in [5, 5.41) is 3.45. The number of hydrogen-bond acceptors (Lipinski definition) is 4. The Labute approximate surface area is 182 Å². The van der Waals surface area contributed by atoms with Crippen LogP contribution < -0.4 is 5.32 Å². The minimum atomic E-state index is 0. The molecule has 1 N–H and O–H groups in total. The van der Waals surface area contributed by atoms with Crippen LogP contribution in [-0.2, 0) is 11.2 Å². The van der Waals surface area contributed by atoms with Crippen molar-refractivity contribution in [3.8, 4) is 0 Å². The Balaban J connectivity index is 0.00000196. The molecule has 5 nitrogen and oxygen atoms in total. The number of benzene rings is 1. The highest BCUT2D eigenvalue weighted by molar-refractivity contribution is 5.85. The summed E-state index contributed by atoms with van der Waals surface area (Å²) in [5.74, 6) is 0.300. The van der Waals surface area contributed by atoms with Crippen LogP contribution in [0.15, 0.2) is 24.3 Å². The minimum absolute atomic E-state index is 0. The van der Waals surface area contributed by atoms with E-state index >= 15 is 0 Å². The van der Waals surface area contributed by atoms with Gasteiger partial charge >= 0.3 is 0 Å². The third-order valence-corrected chi connectivity index (χ3v) is 5.89. The fourth-order valence-electron chi connectivity index (χ4n) is 4.00. The molecule has 1 atom stereocenters. The summed E-state index contributed by atoms with van der Waals surface area (Å²) in [7, 11) is 0. The van der Waals surface area contributed by atoms with E-state index in [2.05, 4.69) is 58.1 Å². The predicted octanol–water partition coefficient (Wildman–Crippen LogP) is 2.59. The zero-order chi connectivity index (χ0) is 18.4. The van der Waals surface area contributed by atoms with Crippen LogP contribution >= 0.6 is 24.8 Å². The Bertz CT molecular complexity index is 576. The predicted molar refractivity (Wildman–Crippen MR) is 121 cm³/mol. The van der Waals surface area contributed by atoms with Gasteiger partial charge in [0, 0.05) is 58.8 Å². The van der Waals surface area contributed by atoms with Gasteiger partial charge in [0.25, 0.3) is 0 Å². The highest BCUT2D eigenvalue weighted by Gasteiger charge is 2.28. The van der Waals surface area contributed by atoms with E-state index in [0.29, 0.717) is 12.3 Å². The molecule has 0 spiro atoms. The third-order valence-electron chi connectivity index (χ3n) is 5.89. The van der Waals surface area contributed by atoms with Crippen LogP contribution in [0.2, 0.25) is 0 Å². The van der Waals surface area contributed by atoms with Crippen molar-refractivity contribution in [2.45, 2.75) is 32.7 Å². The lowest BCUT2D eigenvalue weighted by atomic mass is 10.0. The molecule has 0 aliphatic carbocycles. The molecule has 28 heavy (non-hydrogen) atoms. The Morgan fingerprint density at radius 1 is 1.00 bits per heavy atom. The van der Waals surface area contributed by atoms with Crippen molar-refractivity contribution in [3.05, 3.63) is 35.4 Å². The molecule has 7 heteroatoms. The molecule has 160 valence electrons. The first-order chi connectivity index (χ1) is 12.7. The number of aryl methyl sites for hydroxylation is 1. The van der Waals surface area contributed by atoms with Gasteiger partial charge in [-0.2, -0.15) is 0 Å². The summed E-state index contributed by atoms with van der Waals surface area (Å²) in [6.45, 7) is 13.4. The Hall–Kier alpha value is -0.850. The average Bonchev–Trinajstić information content (AvgIpc) is 2.72. The molecule has 3 rings (SSSR count). The second-order valence-corrected chi connectivity index (χ2v) is 7.43. The Kier molecular flexibility index (Phi) is 11.4. The summed E-state index contributed by atoms with van der Waals surface area (Å²) >= 11 is 0. The molecule has 2 aliphatic heterocycles. The molecular formula is C21H36Cl2N4O. The standard InChI is InChI=1S/C21H34N4O.2ClH/c1-3-18-5-7-19(8-6-18)20-17-22-10-12-25(20)21(26)9-11-24-15-13-23(4-2)14-16-24;;/h5-8,20,22H,3-4,9-17H2,1-2H3;2*1H. The highest BCUT2D eigenvalue weighted by atomic mass is 35.5. The molecule has 1 amide bonds. The van der Waals surface area contributed by atoms with E-state index in [0.717, 1.165) is 65.3 Å². The number of rotatable bonds is 6. The third kappa shape index (κ3) is 6.60. The zero-order valence-electron chi connectivity index (χ0n) is 17.2. The van der Waals surface area contributed by atoms with Crippen LogP contribution in [-0.4, -0.2) is 79.5 Å². The number of nitrogens with zero attached hydrogens (tertiary/aromatic N) is 3. The van der Waals surface area contributed by atoms with E-state index in [9.17, 15) is 4.79 Å². The molecule has 1 unspecified atom stereocenters. The Morgan fingerprint density at radius 3 is 2.25 bits per heavy atom. The van der Waals surface area contributed by atoms with Gasteiger partial charge in [0.05, 0.1) is 6.04 Å². The van der Waals surface area contributed by atoms with Crippen LogP contribution in [0.4, 0.5) is 0 Å². The number of amides is 1. The van der Waals surface area contributed by atoms with Crippen molar-refractivity contribution >= 4 is 30.7 Å². The number of nitrogens with one attached hydrogen (secondary N) is 1. The number of likely N-dealkylation sites (N-methyl/N-ethyl adjacent to an activating group) is 1. The first-order valence-electron chi connectivity index (χ1n) is 10.2. The SMILES string of the molecule is CCc1ccc(C2CNCCN2C(=O)CCN2CCN(CC)CC2)cc1.Cl.Cl. The fourth-order valence-corrected chi connectivity index (χ4v) is 4.00. The van der Waals surface area contributed by atoms with Crippen molar-refractivity contribution in [1.29, 1.82) is 0 Å². The molecule has 0 radical (unpaired) electrons. The zero-order valence-corrected chi connectivity index (χ0v) is 18.9. The van der Waals surface area contributed by atoms with Crippen LogP contribution in [0.3, 0.4) is 0 Å². The fraction of sp³-hybridized carbons (Fsp3) is 0.667. The maximum atomic E-state index is 12.9. The van der Waals surface area contributed by atoms with E-state index in [1.165, 1.54) is 11.1 Å². The molecule has 0 saturated carbocycles. The van der Waals surface area contributed by atoms with Crippen molar-refractivity contribution in [1.82, 2.24) is 20.0 Å². The molecule has 1 aromatic rings. The van der Waals surface area contributed by atoms with Gasteiger partial charge in [-0.3, -0.25) is 4.79 Å². The number of piperazine rings is 2. The van der Waals surface area contributed by atoms with Crippen molar-refractivity contribution in [2.24, 2.45) is 0 Å². The lowest BCUT2D eigenvalue weighted by Gasteiger charge is -2.38. The second kappa shape index (κ2) is 12.7. The molecule has 2 fully saturated rings. The molecule has 2 aliphatic rings. The lowest BCUT2D eigenvalue weighted by molar-refractivity contribution is -0.135. The average molecular weight is 431 g/mol. The smallest absolute Gasteiger partial charge is 0.224 e. The summed E-state index contributed by atoms with van der Waals surface area (Å²) in [6, 6.07) is 8.94. The molecule has 0 bridgehead atoms. The van der Waals surface area contributed by atoms with Gasteiger partial charge in [0.1, 0.15) is 0 Å². The minimum Gasteiger partial charge on any atom is -0.333 e. The van der Waals surface area contributed by atoms with Gasteiger partial charge in [-0.15, -0.1) is 24.8 Å². The van der Waals surface area contributed by atoms with Gasteiger partial charge < -0.3 is 20.0 Å². The lowest BCUT2D eigenvalue weighted by Crippen LogP contribution is -2.50. The summed E-state index contributed by atoms with van der Waals surface area (Å²) < 4.78 is 0. The first-order valence-corrected chi connectivity index (χ1v) is 10.2. The van der Waals surface area contributed by atoms with Gasteiger partial charge in [-0.1, -0.05) is 38.1 Å². The molecule has 0 aromatic heterocycles. The van der Waals surface area contributed by atoms with E-state index in [1.807, 2.05) is 0 Å². The van der Waals surface area contributed by atoms with Crippen LogP contribution in [0.5, 0.6) is 0 Å². The molecule has 2 heterocycles. The van der Waals surface area contributed by atoms with Gasteiger partial charge in [0.15, 0.2) is 0 Å². The largest absolute Gasteiger partial charge is 0.333 e. The Morgan fingerprint density at radius 2 is 1.64 bits per heavy atom. The quantitative estimate of drug-likeness (QED) is 0.752. The maximum Gasteiger partial charge on any atom is 0.224 e. The van der Waals surface area contributed by atoms with E-state index in [1.54, 1.807) is 0 Å². The van der Waals surface area contributed by atoms with Crippen LogP contribution in [0.25, 0.3) is 0 Å². The molecular weight excluding hydrogens is 395 g/mol. The van der Waals surface area contributed by atoms with E-state index in [-0.39, 0.29) is 30.9 Å². The van der Waals surface area contributed by atoms with Crippen LogP contribution in [0, 0.1) is 0 Å². The van der Waals surface area contributed by atoms with E-state index < -0.39 is 0 Å². The first kappa shape index (κ1) is 25.2. The van der Waals surface area contributed by atoms with Gasteiger partial charge in [0.2, 0.25) is 5.91 Å². The topological polar surface area (TPSA) is 38.8 Å².